The molecule has 1 aromatic carbocycles. The lowest BCUT2D eigenvalue weighted by atomic mass is 9.87. The van der Waals surface area contributed by atoms with Gasteiger partial charge in [-0.1, -0.05) is 37.3 Å². The maximum atomic E-state index is 12.1. The molecule has 0 radical (unpaired) electrons. The lowest BCUT2D eigenvalue weighted by molar-refractivity contribution is -0.123. The quantitative estimate of drug-likeness (QED) is 0.825. The van der Waals surface area contributed by atoms with Gasteiger partial charge in [-0.15, -0.1) is 0 Å². The molecule has 0 spiro atoms. The number of carbonyl (C=O) groups is 1. The first-order valence-corrected chi connectivity index (χ1v) is 8.20. The van der Waals surface area contributed by atoms with Gasteiger partial charge in [-0.2, -0.15) is 0 Å². The van der Waals surface area contributed by atoms with Crippen molar-refractivity contribution in [3.05, 3.63) is 35.9 Å². The third kappa shape index (κ3) is 4.44. The lowest BCUT2D eigenvalue weighted by Gasteiger charge is -2.23. The number of nitrogens with two attached hydrogens (primary N) is 1. The minimum Gasteiger partial charge on any atom is -0.315 e. The molecule has 0 saturated heterocycles. The molecule has 1 aromatic rings. The second kappa shape index (κ2) is 6.30. The molecule has 0 fully saturated rings. The second-order valence-corrected chi connectivity index (χ2v) is 7.20. The molecular weight excluding hydrogens is 262 g/mol. The maximum absolute atomic E-state index is 12.1. The molecule has 0 aliphatic heterocycles. The summed E-state index contributed by atoms with van der Waals surface area (Å²) >= 11 is 0. The Hall–Kier alpha value is -1.20. The number of hydrogen-bond donors (Lipinski definition) is 1. The molecule has 0 bridgehead atoms. The fraction of sp³-hybridized carbons (Fsp3) is 0.500. The van der Waals surface area contributed by atoms with Gasteiger partial charge in [0.1, 0.15) is 0 Å². The van der Waals surface area contributed by atoms with Crippen molar-refractivity contribution in [1.29, 1.82) is 0 Å². The monoisotopic (exact) mass is 283 g/mol. The molecule has 0 amide bonds. The van der Waals surface area contributed by atoms with Gasteiger partial charge in [0.25, 0.3) is 0 Å². The fourth-order valence-electron chi connectivity index (χ4n) is 1.87. The van der Waals surface area contributed by atoms with E-state index in [1.807, 2.05) is 18.2 Å². The average Bonchev–Trinajstić information content (AvgIpc) is 2.37. The van der Waals surface area contributed by atoms with Crippen molar-refractivity contribution in [1.82, 2.24) is 0 Å². The predicted molar refractivity (Wildman–Crippen MR) is 76.6 cm³/mol. The number of carbonyl (C=O) groups excluding carboxylic acids is 1. The van der Waals surface area contributed by atoms with Crippen molar-refractivity contribution >= 4 is 15.6 Å². The Kier molecular flexibility index (Phi) is 5.26. The van der Waals surface area contributed by atoms with Gasteiger partial charge in [0, 0.05) is 12.2 Å². The zero-order valence-electron chi connectivity index (χ0n) is 11.4. The first-order valence-electron chi connectivity index (χ1n) is 6.37. The molecule has 5 heteroatoms. The molecule has 0 aromatic heterocycles. The number of sulfone groups is 1. The summed E-state index contributed by atoms with van der Waals surface area (Å²) in [7, 11) is -3.15. The van der Waals surface area contributed by atoms with Gasteiger partial charge in [-0.3, -0.25) is 4.79 Å². The topological polar surface area (TPSA) is 77.2 Å². The molecule has 106 valence electrons. The molecule has 1 atom stereocenters. The van der Waals surface area contributed by atoms with Crippen LogP contribution in [0.1, 0.15) is 32.3 Å². The Morgan fingerprint density at radius 1 is 1.21 bits per heavy atom. The van der Waals surface area contributed by atoms with Crippen LogP contribution < -0.4 is 5.73 Å². The van der Waals surface area contributed by atoms with Crippen LogP contribution in [0.5, 0.6) is 0 Å². The van der Waals surface area contributed by atoms with Gasteiger partial charge < -0.3 is 5.73 Å². The molecule has 0 aliphatic carbocycles. The summed E-state index contributed by atoms with van der Waals surface area (Å²) in [4.78, 5) is 12.1. The molecule has 0 saturated carbocycles. The van der Waals surface area contributed by atoms with Crippen molar-refractivity contribution < 1.29 is 13.2 Å². The van der Waals surface area contributed by atoms with Gasteiger partial charge in [0.15, 0.2) is 15.6 Å². The van der Waals surface area contributed by atoms with Crippen molar-refractivity contribution in [2.75, 3.05) is 11.5 Å². The maximum Gasteiger partial charge on any atom is 0.157 e. The fourth-order valence-corrected chi connectivity index (χ4v) is 3.19. The van der Waals surface area contributed by atoms with Crippen LogP contribution in [0.4, 0.5) is 0 Å². The average molecular weight is 283 g/mol. The van der Waals surface area contributed by atoms with E-state index in [0.29, 0.717) is 12.0 Å². The van der Waals surface area contributed by atoms with E-state index in [-0.39, 0.29) is 23.7 Å². The third-order valence-electron chi connectivity index (χ3n) is 3.11. The highest BCUT2D eigenvalue weighted by Gasteiger charge is 2.30. The van der Waals surface area contributed by atoms with Crippen LogP contribution in [0.3, 0.4) is 0 Å². The van der Waals surface area contributed by atoms with E-state index in [9.17, 15) is 13.2 Å². The van der Waals surface area contributed by atoms with E-state index in [0.717, 1.165) is 0 Å². The molecule has 2 N–H and O–H groups in total. The normalized spacial score (nSPS) is 14.9. The second-order valence-electron chi connectivity index (χ2n) is 4.89. The van der Waals surface area contributed by atoms with Crippen LogP contribution in [0, 0.1) is 0 Å². The van der Waals surface area contributed by atoms with E-state index >= 15 is 0 Å². The summed E-state index contributed by atoms with van der Waals surface area (Å²) in [6.07, 6.45) is 0.527. The van der Waals surface area contributed by atoms with Gasteiger partial charge in [-0.25, -0.2) is 8.42 Å². The van der Waals surface area contributed by atoms with Crippen LogP contribution in [0.15, 0.2) is 30.3 Å². The first kappa shape index (κ1) is 15.9. The van der Waals surface area contributed by atoms with Gasteiger partial charge in [-0.05, 0) is 18.9 Å². The Balaban J connectivity index is 2.73. The van der Waals surface area contributed by atoms with Crippen molar-refractivity contribution in [3.63, 3.8) is 0 Å². The van der Waals surface area contributed by atoms with Crippen molar-refractivity contribution in [2.24, 2.45) is 5.73 Å². The Bertz CT molecular complexity index is 521. The Morgan fingerprint density at radius 2 is 1.79 bits per heavy atom. The Labute approximate surface area is 114 Å². The molecule has 1 rings (SSSR count). The minimum absolute atomic E-state index is 0.0375. The summed E-state index contributed by atoms with van der Waals surface area (Å²) in [5, 5.41) is 0. The molecular formula is C14H21NO3S. The van der Waals surface area contributed by atoms with Crippen molar-refractivity contribution in [2.45, 2.75) is 32.2 Å². The summed E-state index contributed by atoms with van der Waals surface area (Å²) in [5.74, 6) is -0.259. The predicted octanol–water partition coefficient (Wildman–Crippen LogP) is 1.64. The molecule has 4 nitrogen and oxygen atoms in total. The largest absolute Gasteiger partial charge is 0.315 e. The zero-order chi connectivity index (χ0) is 14.5. The van der Waals surface area contributed by atoms with Crippen LogP contribution >= 0.6 is 0 Å². The first-order chi connectivity index (χ1) is 8.79. The van der Waals surface area contributed by atoms with Gasteiger partial charge in [0.2, 0.25) is 0 Å². The van der Waals surface area contributed by atoms with E-state index in [4.69, 9.17) is 5.73 Å². The van der Waals surface area contributed by atoms with Gasteiger partial charge in [0.05, 0.1) is 11.3 Å². The summed E-state index contributed by atoms with van der Waals surface area (Å²) in [6, 6.07) is 9.01. The molecule has 0 aliphatic rings. The number of hydrogen-bond acceptors (Lipinski definition) is 4. The highest BCUT2D eigenvalue weighted by atomic mass is 32.2. The standard InChI is InChI=1S/C14H21NO3S/c1-3-10-19(17,18)11-9-13(16)14(2,15)12-7-5-4-6-8-12/h4-8H,3,9-11,15H2,1-2H3. The number of rotatable bonds is 7. The van der Waals surface area contributed by atoms with Crippen LogP contribution in [0.25, 0.3) is 0 Å². The Morgan fingerprint density at radius 3 is 2.32 bits per heavy atom. The molecule has 0 heterocycles. The third-order valence-corrected chi connectivity index (χ3v) is 4.96. The summed E-state index contributed by atoms with van der Waals surface area (Å²) in [5.41, 5.74) is 5.61. The van der Waals surface area contributed by atoms with Crippen LogP contribution in [0.2, 0.25) is 0 Å². The highest BCUT2D eigenvalue weighted by Crippen LogP contribution is 2.20. The number of benzene rings is 1. The molecule has 1 unspecified atom stereocenters. The van der Waals surface area contributed by atoms with E-state index < -0.39 is 15.4 Å². The highest BCUT2D eigenvalue weighted by molar-refractivity contribution is 7.91. The van der Waals surface area contributed by atoms with Crippen LogP contribution in [-0.2, 0) is 20.2 Å². The van der Waals surface area contributed by atoms with E-state index in [1.165, 1.54) is 0 Å². The minimum atomic E-state index is -3.15. The van der Waals surface area contributed by atoms with E-state index in [1.54, 1.807) is 26.0 Å². The summed E-state index contributed by atoms with van der Waals surface area (Å²) in [6.45, 7) is 3.42. The van der Waals surface area contributed by atoms with Crippen LogP contribution in [-0.4, -0.2) is 25.7 Å². The molecule has 19 heavy (non-hydrogen) atoms. The van der Waals surface area contributed by atoms with Crippen molar-refractivity contribution in [3.8, 4) is 0 Å². The summed E-state index contributed by atoms with van der Waals surface area (Å²) < 4.78 is 23.2. The SMILES string of the molecule is CCCS(=O)(=O)CCC(=O)C(C)(N)c1ccccc1. The number of Topliss-reactive ketones (excluding diaryl/α,β-unsaturated/α-hetero) is 1. The zero-order valence-corrected chi connectivity index (χ0v) is 12.2. The number of ketones is 1. The smallest absolute Gasteiger partial charge is 0.157 e. The lowest BCUT2D eigenvalue weighted by Crippen LogP contribution is -2.42. The van der Waals surface area contributed by atoms with E-state index in [2.05, 4.69) is 0 Å². The van der Waals surface area contributed by atoms with Gasteiger partial charge >= 0.3 is 0 Å².